The maximum Gasteiger partial charge on any atom is 0.319 e. The summed E-state index contributed by atoms with van der Waals surface area (Å²) in [6.45, 7) is 2.08. The Bertz CT molecular complexity index is 870. The van der Waals surface area contributed by atoms with Gasteiger partial charge in [-0.1, -0.05) is 36.4 Å². The average molecular weight is 323 g/mol. The van der Waals surface area contributed by atoms with Crippen molar-refractivity contribution in [1.29, 1.82) is 0 Å². The van der Waals surface area contributed by atoms with Gasteiger partial charge < -0.3 is 20.3 Å². The predicted octanol–water partition coefficient (Wildman–Crippen LogP) is 3.34. The van der Waals surface area contributed by atoms with Gasteiger partial charge in [0.1, 0.15) is 0 Å². The van der Waals surface area contributed by atoms with Crippen LogP contribution in [0.1, 0.15) is 17.2 Å². The molecule has 3 N–H and O–H groups in total. The van der Waals surface area contributed by atoms with Crippen molar-refractivity contribution in [3.8, 4) is 0 Å². The molecule has 1 aromatic heterocycles. The lowest BCUT2D eigenvalue weighted by Gasteiger charge is -2.13. The molecule has 5 nitrogen and oxygen atoms in total. The molecular weight excluding hydrogens is 302 g/mol. The summed E-state index contributed by atoms with van der Waals surface area (Å²) in [4.78, 5) is 12.0. The Hall–Kier alpha value is -2.79. The van der Waals surface area contributed by atoms with Crippen LogP contribution in [0.5, 0.6) is 0 Å². The molecule has 1 unspecified atom stereocenters. The smallest absolute Gasteiger partial charge is 0.319 e. The van der Waals surface area contributed by atoms with Crippen molar-refractivity contribution in [3.63, 3.8) is 0 Å². The van der Waals surface area contributed by atoms with E-state index in [1.165, 1.54) is 0 Å². The van der Waals surface area contributed by atoms with Crippen molar-refractivity contribution in [2.45, 2.75) is 13.0 Å². The zero-order valence-electron chi connectivity index (χ0n) is 13.8. The summed E-state index contributed by atoms with van der Waals surface area (Å²) in [5.74, 6) is 0. The summed E-state index contributed by atoms with van der Waals surface area (Å²) in [5.41, 5.74) is 3.61. The zero-order chi connectivity index (χ0) is 17.1. The first-order chi connectivity index (χ1) is 11.6. The van der Waals surface area contributed by atoms with Crippen LogP contribution in [0.3, 0.4) is 0 Å². The van der Waals surface area contributed by atoms with E-state index in [1.54, 1.807) is 0 Å². The van der Waals surface area contributed by atoms with Crippen LogP contribution in [0.2, 0.25) is 0 Å². The molecule has 0 aliphatic heterocycles. The molecule has 1 atom stereocenters. The second-order valence-corrected chi connectivity index (χ2v) is 5.88. The summed E-state index contributed by atoms with van der Waals surface area (Å²) >= 11 is 0. The first-order valence-electron chi connectivity index (χ1n) is 7.89. The molecule has 0 saturated heterocycles. The quantitative estimate of drug-likeness (QED) is 0.689. The molecule has 0 bridgehead atoms. The first kappa shape index (κ1) is 16.1. The third-order valence-corrected chi connectivity index (χ3v) is 4.14. The van der Waals surface area contributed by atoms with Crippen molar-refractivity contribution in [2.24, 2.45) is 7.05 Å². The molecule has 0 aliphatic carbocycles. The number of carbonyl (C=O) groups excluding carboxylic acids is 1. The first-order valence-corrected chi connectivity index (χ1v) is 7.89. The fourth-order valence-corrected chi connectivity index (χ4v) is 2.82. The van der Waals surface area contributed by atoms with Gasteiger partial charge in [-0.25, -0.2) is 4.79 Å². The molecule has 0 saturated carbocycles. The lowest BCUT2D eigenvalue weighted by Crippen LogP contribution is -2.32. The van der Waals surface area contributed by atoms with E-state index in [2.05, 4.69) is 10.6 Å². The van der Waals surface area contributed by atoms with E-state index in [9.17, 15) is 9.90 Å². The number of amides is 2. The van der Waals surface area contributed by atoms with Gasteiger partial charge in [-0.05, 0) is 24.6 Å². The number of hydrogen-bond donors (Lipinski definition) is 3. The summed E-state index contributed by atoms with van der Waals surface area (Å²) in [7, 11) is 1.94. The molecular formula is C19H21N3O2. The number of benzene rings is 2. The number of hydrogen-bond acceptors (Lipinski definition) is 2. The average Bonchev–Trinajstić information content (AvgIpc) is 2.92. The monoisotopic (exact) mass is 323 g/mol. The molecule has 0 aliphatic rings. The number of anilines is 1. The van der Waals surface area contributed by atoms with Gasteiger partial charge >= 0.3 is 6.03 Å². The number of aliphatic hydroxyl groups is 1. The fraction of sp³-hybridized carbons (Fsp3) is 0.211. The minimum atomic E-state index is -0.765. The van der Waals surface area contributed by atoms with E-state index in [1.807, 2.05) is 73.3 Å². The number of para-hydroxylation sites is 2. The van der Waals surface area contributed by atoms with E-state index in [-0.39, 0.29) is 12.6 Å². The van der Waals surface area contributed by atoms with Gasteiger partial charge in [0.05, 0.1) is 6.10 Å². The van der Waals surface area contributed by atoms with Crippen LogP contribution in [0.25, 0.3) is 10.9 Å². The van der Waals surface area contributed by atoms with Gasteiger partial charge in [-0.3, -0.25) is 0 Å². The van der Waals surface area contributed by atoms with E-state index >= 15 is 0 Å². The number of urea groups is 1. The van der Waals surface area contributed by atoms with E-state index < -0.39 is 6.10 Å². The molecule has 24 heavy (non-hydrogen) atoms. The zero-order valence-corrected chi connectivity index (χ0v) is 13.8. The summed E-state index contributed by atoms with van der Waals surface area (Å²) in [6.07, 6.45) is 1.13. The third kappa shape index (κ3) is 3.26. The number of nitrogens with one attached hydrogen (secondary N) is 2. The fourth-order valence-electron chi connectivity index (χ4n) is 2.82. The van der Waals surface area contributed by atoms with Gasteiger partial charge in [0.25, 0.3) is 0 Å². The van der Waals surface area contributed by atoms with Crippen LogP contribution in [-0.4, -0.2) is 22.2 Å². The molecule has 3 rings (SSSR count). The summed E-state index contributed by atoms with van der Waals surface area (Å²) in [5, 5.41) is 17.0. The highest BCUT2D eigenvalue weighted by Crippen LogP contribution is 2.25. The number of aromatic nitrogens is 1. The van der Waals surface area contributed by atoms with Gasteiger partial charge in [0.15, 0.2) is 0 Å². The molecule has 5 heteroatoms. The van der Waals surface area contributed by atoms with E-state index in [4.69, 9.17) is 0 Å². The van der Waals surface area contributed by atoms with Crippen LogP contribution in [0, 0.1) is 6.92 Å². The third-order valence-electron chi connectivity index (χ3n) is 4.14. The SMILES string of the molecule is Cc1ccccc1NC(=O)NCC(O)c1cn(C)c2ccccc12. The maximum atomic E-state index is 12.0. The Morgan fingerprint density at radius 2 is 1.88 bits per heavy atom. The summed E-state index contributed by atoms with van der Waals surface area (Å²) < 4.78 is 1.97. The molecule has 0 radical (unpaired) electrons. The summed E-state index contributed by atoms with van der Waals surface area (Å²) in [6, 6.07) is 15.1. The van der Waals surface area contributed by atoms with Crippen LogP contribution in [0.4, 0.5) is 10.5 Å². The van der Waals surface area contributed by atoms with Crippen molar-refractivity contribution in [2.75, 3.05) is 11.9 Å². The van der Waals surface area contributed by atoms with Gasteiger partial charge in [-0.15, -0.1) is 0 Å². The lowest BCUT2D eigenvalue weighted by atomic mass is 10.1. The molecule has 2 aromatic carbocycles. The predicted molar refractivity (Wildman–Crippen MR) is 96.1 cm³/mol. The number of carbonyl (C=O) groups is 1. The molecule has 124 valence electrons. The second kappa shape index (κ2) is 6.76. The van der Waals surface area contributed by atoms with E-state index in [0.29, 0.717) is 0 Å². The molecule has 3 aromatic rings. The van der Waals surface area contributed by atoms with Gasteiger partial charge in [-0.2, -0.15) is 0 Å². The maximum absolute atomic E-state index is 12.0. The highest BCUT2D eigenvalue weighted by atomic mass is 16.3. The van der Waals surface area contributed by atoms with E-state index in [0.717, 1.165) is 27.7 Å². The molecule has 0 spiro atoms. The lowest BCUT2D eigenvalue weighted by molar-refractivity contribution is 0.176. The Kier molecular flexibility index (Phi) is 4.53. The highest BCUT2D eigenvalue weighted by molar-refractivity contribution is 5.90. The Labute approximate surface area is 140 Å². The number of rotatable bonds is 4. The number of fused-ring (bicyclic) bond motifs is 1. The Morgan fingerprint density at radius 1 is 1.17 bits per heavy atom. The molecule has 2 amide bonds. The molecule has 1 heterocycles. The number of nitrogens with zero attached hydrogens (tertiary/aromatic N) is 1. The minimum absolute atomic E-state index is 0.145. The van der Waals surface area contributed by atoms with Crippen LogP contribution < -0.4 is 10.6 Å². The standard InChI is InChI=1S/C19H21N3O2/c1-13-7-3-5-9-16(13)21-19(24)20-11-18(23)15-12-22(2)17-10-6-4-8-14(15)17/h3-10,12,18,23H,11H2,1-2H3,(H2,20,21,24). The van der Waals surface area contributed by atoms with Crippen LogP contribution in [0.15, 0.2) is 54.7 Å². The molecule has 0 fully saturated rings. The van der Waals surface area contributed by atoms with Gasteiger partial charge in [0.2, 0.25) is 0 Å². The number of aryl methyl sites for hydroxylation is 2. The van der Waals surface area contributed by atoms with Crippen molar-refractivity contribution < 1.29 is 9.90 Å². The topological polar surface area (TPSA) is 66.3 Å². The Balaban J connectivity index is 1.65. The second-order valence-electron chi connectivity index (χ2n) is 5.88. The van der Waals surface area contributed by atoms with Crippen molar-refractivity contribution in [3.05, 3.63) is 65.9 Å². The van der Waals surface area contributed by atoms with Crippen LogP contribution in [-0.2, 0) is 7.05 Å². The van der Waals surface area contributed by atoms with Gasteiger partial charge in [0, 0.05) is 41.9 Å². The number of aliphatic hydroxyl groups excluding tert-OH is 1. The Morgan fingerprint density at radius 3 is 2.67 bits per heavy atom. The van der Waals surface area contributed by atoms with Crippen molar-refractivity contribution in [1.82, 2.24) is 9.88 Å². The normalized spacial score (nSPS) is 12.1. The van der Waals surface area contributed by atoms with Crippen LogP contribution >= 0.6 is 0 Å². The largest absolute Gasteiger partial charge is 0.386 e. The highest BCUT2D eigenvalue weighted by Gasteiger charge is 2.15. The minimum Gasteiger partial charge on any atom is -0.386 e. The van der Waals surface area contributed by atoms with Crippen molar-refractivity contribution >= 4 is 22.6 Å².